The molecule has 21 heavy (non-hydrogen) atoms. The normalized spacial score (nSPS) is 25.9. The Labute approximate surface area is 122 Å². The van der Waals surface area contributed by atoms with Crippen LogP contribution in [0, 0.1) is 5.92 Å². The Kier molecular flexibility index (Phi) is 3.85. The zero-order valence-electron chi connectivity index (χ0n) is 11.6. The molecule has 7 nitrogen and oxygen atoms in total. The molecule has 2 aromatic heterocycles. The summed E-state index contributed by atoms with van der Waals surface area (Å²) >= 11 is 0. The van der Waals surface area contributed by atoms with E-state index in [9.17, 15) is 9.90 Å². The average Bonchev–Trinajstić information content (AvgIpc) is 2.91. The molecule has 3 rings (SSSR count). The summed E-state index contributed by atoms with van der Waals surface area (Å²) in [5.74, 6) is 0.520. The highest BCUT2D eigenvalue weighted by molar-refractivity contribution is 5.78. The summed E-state index contributed by atoms with van der Waals surface area (Å²) in [4.78, 5) is 12.2. The number of carbonyl (C=O) groups excluding carboxylic acids is 1. The second kappa shape index (κ2) is 5.79. The number of nitrogens with one attached hydrogen (secondary N) is 1. The molecule has 0 saturated heterocycles. The molecule has 0 radical (unpaired) electrons. The molecule has 112 valence electrons. The van der Waals surface area contributed by atoms with Crippen LogP contribution in [0.5, 0.6) is 0 Å². The number of carbonyl (C=O) groups is 1. The van der Waals surface area contributed by atoms with Crippen LogP contribution in [0.2, 0.25) is 0 Å². The third-order valence-electron chi connectivity index (χ3n) is 4.04. The van der Waals surface area contributed by atoms with E-state index in [-0.39, 0.29) is 17.9 Å². The van der Waals surface area contributed by atoms with Crippen LogP contribution in [-0.4, -0.2) is 37.8 Å². The van der Waals surface area contributed by atoms with Crippen LogP contribution in [-0.2, 0) is 11.3 Å². The van der Waals surface area contributed by atoms with Gasteiger partial charge in [0.15, 0.2) is 11.5 Å². The Bertz CT molecular complexity index is 641. The zero-order valence-corrected chi connectivity index (χ0v) is 11.6. The van der Waals surface area contributed by atoms with Crippen molar-refractivity contribution < 1.29 is 9.90 Å². The highest BCUT2D eigenvalue weighted by Crippen LogP contribution is 2.23. The minimum atomic E-state index is -0.491. The number of pyridine rings is 1. The second-order valence-electron chi connectivity index (χ2n) is 5.50. The van der Waals surface area contributed by atoms with E-state index >= 15 is 0 Å². The van der Waals surface area contributed by atoms with Crippen LogP contribution in [0.25, 0.3) is 5.65 Å². The van der Waals surface area contributed by atoms with E-state index in [0.29, 0.717) is 31.6 Å². The van der Waals surface area contributed by atoms with Gasteiger partial charge in [-0.05, 0) is 31.4 Å². The molecule has 2 heterocycles. The van der Waals surface area contributed by atoms with E-state index in [1.807, 2.05) is 28.8 Å². The molecule has 0 aliphatic heterocycles. The van der Waals surface area contributed by atoms with Gasteiger partial charge in [0.25, 0.3) is 0 Å². The Morgan fingerprint density at radius 3 is 3.10 bits per heavy atom. The van der Waals surface area contributed by atoms with E-state index < -0.39 is 6.10 Å². The number of amides is 1. The maximum Gasteiger partial charge on any atom is 0.223 e. The molecule has 1 saturated carbocycles. The highest BCUT2D eigenvalue weighted by atomic mass is 16.3. The lowest BCUT2D eigenvalue weighted by Crippen LogP contribution is -2.44. The lowest BCUT2D eigenvalue weighted by atomic mass is 9.84. The van der Waals surface area contributed by atoms with Gasteiger partial charge in [0.1, 0.15) is 0 Å². The number of aliphatic hydroxyl groups excluding tert-OH is 1. The molecule has 0 aromatic carbocycles. The van der Waals surface area contributed by atoms with Gasteiger partial charge in [0.2, 0.25) is 5.91 Å². The number of aromatic nitrogens is 3. The summed E-state index contributed by atoms with van der Waals surface area (Å²) in [6, 6.07) is 5.33. The molecule has 1 aliphatic rings. The van der Waals surface area contributed by atoms with Crippen molar-refractivity contribution in [3.8, 4) is 0 Å². The number of nitrogens with zero attached hydrogens (tertiary/aromatic N) is 3. The molecule has 1 fully saturated rings. The number of nitrogens with two attached hydrogens (primary N) is 1. The predicted molar refractivity (Wildman–Crippen MR) is 76.2 cm³/mol. The maximum atomic E-state index is 12.2. The molecule has 0 spiro atoms. The van der Waals surface area contributed by atoms with Crippen LogP contribution in [0.15, 0.2) is 24.4 Å². The van der Waals surface area contributed by atoms with Crippen LogP contribution in [0.3, 0.4) is 0 Å². The van der Waals surface area contributed by atoms with Crippen molar-refractivity contribution >= 4 is 11.6 Å². The lowest BCUT2D eigenvalue weighted by Gasteiger charge is -2.29. The van der Waals surface area contributed by atoms with Crippen molar-refractivity contribution in [2.24, 2.45) is 11.7 Å². The minimum absolute atomic E-state index is 0.0370. The van der Waals surface area contributed by atoms with Crippen LogP contribution in [0.1, 0.15) is 25.1 Å². The second-order valence-corrected chi connectivity index (χ2v) is 5.50. The Balaban J connectivity index is 1.61. The number of rotatable bonds is 3. The van der Waals surface area contributed by atoms with Crippen molar-refractivity contribution in [2.45, 2.75) is 38.0 Å². The van der Waals surface area contributed by atoms with Gasteiger partial charge >= 0.3 is 0 Å². The SMILES string of the molecule is N[C@@H]1C[C@@H](C(=O)NCc2nnc3ccccn23)CC[C@H]1O. The maximum absolute atomic E-state index is 12.2. The third-order valence-corrected chi connectivity index (χ3v) is 4.04. The van der Waals surface area contributed by atoms with Crippen molar-refractivity contribution in [2.75, 3.05) is 0 Å². The zero-order chi connectivity index (χ0) is 14.8. The van der Waals surface area contributed by atoms with E-state index in [1.165, 1.54) is 0 Å². The summed E-state index contributed by atoms with van der Waals surface area (Å²) in [7, 11) is 0. The van der Waals surface area contributed by atoms with Crippen molar-refractivity contribution in [1.29, 1.82) is 0 Å². The molecule has 3 atom stereocenters. The van der Waals surface area contributed by atoms with Gasteiger partial charge < -0.3 is 16.2 Å². The van der Waals surface area contributed by atoms with Crippen LogP contribution >= 0.6 is 0 Å². The first kappa shape index (κ1) is 14.0. The van der Waals surface area contributed by atoms with Gasteiger partial charge in [-0.3, -0.25) is 9.20 Å². The van der Waals surface area contributed by atoms with Gasteiger partial charge in [0, 0.05) is 18.2 Å². The lowest BCUT2D eigenvalue weighted by molar-refractivity contribution is -0.127. The van der Waals surface area contributed by atoms with Gasteiger partial charge in [-0.1, -0.05) is 6.07 Å². The van der Waals surface area contributed by atoms with Crippen molar-refractivity contribution in [3.63, 3.8) is 0 Å². The highest BCUT2D eigenvalue weighted by Gasteiger charge is 2.30. The topological polar surface area (TPSA) is 106 Å². The Morgan fingerprint density at radius 1 is 1.43 bits per heavy atom. The van der Waals surface area contributed by atoms with Gasteiger partial charge in [0.05, 0.1) is 12.6 Å². The Hall–Kier alpha value is -1.99. The first-order valence-electron chi connectivity index (χ1n) is 7.15. The molecule has 1 amide bonds. The quantitative estimate of drug-likeness (QED) is 0.727. The van der Waals surface area contributed by atoms with Crippen LogP contribution < -0.4 is 11.1 Å². The van der Waals surface area contributed by atoms with E-state index in [2.05, 4.69) is 15.5 Å². The smallest absolute Gasteiger partial charge is 0.223 e. The first-order chi connectivity index (χ1) is 10.1. The summed E-state index contributed by atoms with van der Waals surface area (Å²) < 4.78 is 1.84. The summed E-state index contributed by atoms with van der Waals surface area (Å²) in [5, 5.41) is 20.6. The fourth-order valence-electron chi connectivity index (χ4n) is 2.75. The number of hydrogen-bond acceptors (Lipinski definition) is 5. The van der Waals surface area contributed by atoms with E-state index in [0.717, 1.165) is 5.65 Å². The average molecular weight is 289 g/mol. The summed E-state index contributed by atoms with van der Waals surface area (Å²) in [6.45, 7) is 0.332. The van der Waals surface area contributed by atoms with Crippen molar-refractivity contribution in [1.82, 2.24) is 19.9 Å². The largest absolute Gasteiger partial charge is 0.392 e. The molecular formula is C14H19N5O2. The summed E-state index contributed by atoms with van der Waals surface area (Å²) in [5.41, 5.74) is 6.57. The molecule has 0 unspecified atom stereocenters. The molecule has 2 aromatic rings. The predicted octanol–water partition coefficient (Wildman–Crippen LogP) is -0.166. The molecular weight excluding hydrogens is 270 g/mol. The van der Waals surface area contributed by atoms with E-state index in [1.54, 1.807) is 0 Å². The number of hydrogen-bond donors (Lipinski definition) is 3. The fourth-order valence-corrected chi connectivity index (χ4v) is 2.75. The molecule has 7 heteroatoms. The fraction of sp³-hybridized carbons (Fsp3) is 0.500. The molecule has 1 aliphatic carbocycles. The molecule has 0 bridgehead atoms. The minimum Gasteiger partial charge on any atom is -0.392 e. The van der Waals surface area contributed by atoms with Crippen LogP contribution in [0.4, 0.5) is 0 Å². The van der Waals surface area contributed by atoms with Crippen molar-refractivity contribution in [3.05, 3.63) is 30.2 Å². The third kappa shape index (κ3) is 2.88. The van der Waals surface area contributed by atoms with E-state index in [4.69, 9.17) is 5.73 Å². The van der Waals surface area contributed by atoms with Gasteiger partial charge in [-0.25, -0.2) is 0 Å². The Morgan fingerprint density at radius 2 is 2.29 bits per heavy atom. The number of fused-ring (bicyclic) bond motifs is 1. The standard InChI is InChI=1S/C14H19N5O2/c15-10-7-9(4-5-11(10)20)14(21)16-8-13-18-17-12-3-1-2-6-19(12)13/h1-3,6,9-11,20H,4-5,7-8,15H2,(H,16,21)/t9-,10+,11+/m0/s1. The van der Waals surface area contributed by atoms with Gasteiger partial charge in [-0.15, -0.1) is 10.2 Å². The van der Waals surface area contributed by atoms with Gasteiger partial charge in [-0.2, -0.15) is 0 Å². The summed E-state index contributed by atoms with van der Waals surface area (Å²) in [6.07, 6.45) is 3.14. The monoisotopic (exact) mass is 289 g/mol. The first-order valence-corrected chi connectivity index (χ1v) is 7.15. The molecule has 4 N–H and O–H groups in total. The number of aliphatic hydroxyl groups is 1.